The molecule has 0 aromatic rings. The van der Waals surface area contributed by atoms with Crippen LogP contribution in [0.25, 0.3) is 0 Å². The molecule has 1 atom stereocenters. The Morgan fingerprint density at radius 1 is 0.583 bits per heavy atom. The van der Waals surface area contributed by atoms with Gasteiger partial charge in [-0.15, -0.1) is 0 Å². The third-order valence-corrected chi connectivity index (χ3v) is 5.32. The van der Waals surface area contributed by atoms with Crippen molar-refractivity contribution in [2.45, 2.75) is 142 Å². The summed E-state index contributed by atoms with van der Waals surface area (Å²) < 4.78 is 0. The average molecular weight is 340 g/mol. The van der Waals surface area contributed by atoms with Crippen molar-refractivity contribution >= 4 is 0 Å². The fourth-order valence-electron chi connectivity index (χ4n) is 3.42. The molecule has 145 valence electrons. The Kier molecular flexibility index (Phi) is 19.3. The first kappa shape index (κ1) is 24.0. The molecule has 1 unspecified atom stereocenters. The molecular weight excluding hydrogens is 292 g/mol. The fraction of sp³-hybridized carbons (Fsp3) is 0.957. The largest absolute Gasteiger partial charge is 0.393 e. The van der Waals surface area contributed by atoms with Gasteiger partial charge in [-0.25, -0.2) is 0 Å². The van der Waals surface area contributed by atoms with Gasteiger partial charge in [0.25, 0.3) is 0 Å². The quantitative estimate of drug-likeness (QED) is 0.236. The first-order chi connectivity index (χ1) is 11.7. The van der Waals surface area contributed by atoms with E-state index in [4.69, 9.17) is 0 Å². The van der Waals surface area contributed by atoms with Crippen molar-refractivity contribution in [2.75, 3.05) is 0 Å². The van der Waals surface area contributed by atoms with E-state index in [1.54, 1.807) is 0 Å². The Morgan fingerprint density at radius 3 is 1.42 bits per heavy atom. The van der Waals surface area contributed by atoms with E-state index in [2.05, 4.69) is 20.8 Å². The maximum Gasteiger partial charge on any atom is 0.0600 e. The minimum absolute atomic E-state index is 0.144. The summed E-state index contributed by atoms with van der Waals surface area (Å²) in [7, 11) is 0. The lowest BCUT2D eigenvalue weighted by atomic mass is 9.93. The molecule has 0 aliphatic rings. The van der Waals surface area contributed by atoms with E-state index < -0.39 is 0 Å². The van der Waals surface area contributed by atoms with Crippen molar-refractivity contribution in [3.8, 4) is 0 Å². The topological polar surface area (TPSA) is 20.2 Å². The second-order valence-electron chi connectivity index (χ2n) is 7.85. The van der Waals surface area contributed by atoms with Gasteiger partial charge in [0.05, 0.1) is 6.10 Å². The summed E-state index contributed by atoms with van der Waals surface area (Å²) in [5, 5.41) is 10.3. The van der Waals surface area contributed by atoms with E-state index in [1.165, 1.54) is 109 Å². The summed E-state index contributed by atoms with van der Waals surface area (Å²) in [5.74, 6) is 1.32. The van der Waals surface area contributed by atoms with Gasteiger partial charge in [-0.1, -0.05) is 124 Å². The van der Waals surface area contributed by atoms with Crippen LogP contribution in [0.4, 0.5) is 0 Å². The molecule has 0 spiro atoms. The van der Waals surface area contributed by atoms with E-state index in [1.807, 2.05) is 0 Å². The molecular formula is C23H47O. The fourth-order valence-corrected chi connectivity index (χ4v) is 3.42. The molecule has 0 amide bonds. The average Bonchev–Trinajstić information content (AvgIpc) is 2.59. The van der Waals surface area contributed by atoms with Crippen molar-refractivity contribution < 1.29 is 5.11 Å². The molecule has 0 rings (SSSR count). The van der Waals surface area contributed by atoms with Crippen LogP contribution in [0, 0.1) is 5.92 Å². The van der Waals surface area contributed by atoms with E-state index in [-0.39, 0.29) is 6.10 Å². The number of aliphatic hydroxyl groups is 1. The molecule has 0 aromatic heterocycles. The van der Waals surface area contributed by atoms with Gasteiger partial charge in [-0.05, 0) is 12.8 Å². The zero-order valence-electron chi connectivity index (χ0n) is 17.3. The number of aliphatic hydroxyl groups excluding tert-OH is 1. The molecule has 24 heavy (non-hydrogen) atoms. The standard InChI is InChI=1S/C23H47O/c1-4-6-8-10-12-14-16-18-20-22(3)23(24)21-19-17-15-13-11-9-7-5-2/h23-24H,4-21H2,1-3H3. The molecule has 1 heteroatoms. The first-order valence-corrected chi connectivity index (χ1v) is 11.2. The van der Waals surface area contributed by atoms with Gasteiger partial charge in [0.15, 0.2) is 0 Å². The lowest BCUT2D eigenvalue weighted by molar-refractivity contribution is 0.167. The molecule has 0 saturated carbocycles. The Labute approximate surface area is 154 Å². The normalized spacial score (nSPS) is 12.9. The molecule has 0 aromatic carbocycles. The van der Waals surface area contributed by atoms with Crippen LogP contribution in [0.5, 0.6) is 0 Å². The molecule has 0 saturated heterocycles. The Hall–Kier alpha value is -0.0400. The van der Waals surface area contributed by atoms with E-state index in [0.717, 1.165) is 12.8 Å². The molecule has 0 aliphatic carbocycles. The zero-order chi connectivity index (χ0) is 17.9. The number of hydrogen-bond donors (Lipinski definition) is 1. The van der Waals surface area contributed by atoms with Crippen LogP contribution in [0.1, 0.15) is 136 Å². The smallest absolute Gasteiger partial charge is 0.0600 e. The Balaban J connectivity index is 3.32. The van der Waals surface area contributed by atoms with Crippen LogP contribution in [-0.2, 0) is 0 Å². The second-order valence-corrected chi connectivity index (χ2v) is 7.85. The van der Waals surface area contributed by atoms with Crippen LogP contribution in [0.2, 0.25) is 0 Å². The predicted molar refractivity (Wildman–Crippen MR) is 109 cm³/mol. The number of hydrogen-bond acceptors (Lipinski definition) is 1. The van der Waals surface area contributed by atoms with Crippen LogP contribution in [0.3, 0.4) is 0 Å². The second kappa shape index (κ2) is 19.3. The zero-order valence-corrected chi connectivity index (χ0v) is 17.3. The van der Waals surface area contributed by atoms with Gasteiger partial charge in [0.1, 0.15) is 0 Å². The summed E-state index contributed by atoms with van der Waals surface area (Å²) in [6, 6.07) is 0. The van der Waals surface area contributed by atoms with Gasteiger partial charge in [-0.2, -0.15) is 0 Å². The lowest BCUT2D eigenvalue weighted by Gasteiger charge is -2.18. The number of rotatable bonds is 19. The molecule has 0 bridgehead atoms. The molecule has 1 N–H and O–H groups in total. The van der Waals surface area contributed by atoms with E-state index >= 15 is 0 Å². The lowest BCUT2D eigenvalue weighted by Crippen LogP contribution is -2.15. The van der Waals surface area contributed by atoms with Gasteiger partial charge in [-0.3, -0.25) is 0 Å². The predicted octanol–water partition coefficient (Wildman–Crippen LogP) is 8.00. The maximum absolute atomic E-state index is 10.3. The van der Waals surface area contributed by atoms with Crippen molar-refractivity contribution in [3.05, 3.63) is 5.92 Å². The highest BCUT2D eigenvalue weighted by Crippen LogP contribution is 2.21. The minimum Gasteiger partial charge on any atom is -0.393 e. The Bertz CT molecular complexity index is 202. The van der Waals surface area contributed by atoms with Gasteiger partial charge in [0.2, 0.25) is 0 Å². The molecule has 1 radical (unpaired) electrons. The maximum atomic E-state index is 10.3. The number of unbranched alkanes of at least 4 members (excludes halogenated alkanes) is 14. The molecule has 0 heterocycles. The SMILES string of the molecule is CCCCCCCCCC[C](C)C(O)CCCCCCCCCC. The summed E-state index contributed by atoms with van der Waals surface area (Å²) in [4.78, 5) is 0. The van der Waals surface area contributed by atoms with Crippen LogP contribution < -0.4 is 0 Å². The highest BCUT2D eigenvalue weighted by molar-refractivity contribution is 4.91. The van der Waals surface area contributed by atoms with Crippen LogP contribution in [0.15, 0.2) is 0 Å². The molecule has 0 fully saturated rings. The van der Waals surface area contributed by atoms with Crippen molar-refractivity contribution in [1.82, 2.24) is 0 Å². The minimum atomic E-state index is -0.144. The van der Waals surface area contributed by atoms with Crippen molar-refractivity contribution in [3.63, 3.8) is 0 Å². The highest BCUT2D eigenvalue weighted by Gasteiger charge is 2.13. The van der Waals surface area contributed by atoms with Crippen LogP contribution in [-0.4, -0.2) is 11.2 Å². The third kappa shape index (κ3) is 16.8. The Morgan fingerprint density at radius 2 is 0.958 bits per heavy atom. The van der Waals surface area contributed by atoms with E-state index in [9.17, 15) is 5.11 Å². The third-order valence-electron chi connectivity index (χ3n) is 5.32. The summed E-state index contributed by atoms with van der Waals surface area (Å²) in [6.07, 6.45) is 23.7. The van der Waals surface area contributed by atoms with Crippen molar-refractivity contribution in [2.24, 2.45) is 0 Å². The summed E-state index contributed by atoms with van der Waals surface area (Å²) >= 11 is 0. The molecule has 0 aliphatic heterocycles. The first-order valence-electron chi connectivity index (χ1n) is 11.2. The summed E-state index contributed by atoms with van der Waals surface area (Å²) in [5.41, 5.74) is 0. The highest BCUT2D eigenvalue weighted by atomic mass is 16.3. The van der Waals surface area contributed by atoms with Crippen molar-refractivity contribution in [1.29, 1.82) is 0 Å². The van der Waals surface area contributed by atoms with Crippen LogP contribution >= 0.6 is 0 Å². The van der Waals surface area contributed by atoms with Gasteiger partial charge < -0.3 is 5.11 Å². The van der Waals surface area contributed by atoms with Gasteiger partial charge in [0, 0.05) is 5.92 Å². The monoisotopic (exact) mass is 339 g/mol. The summed E-state index contributed by atoms with van der Waals surface area (Å²) in [6.45, 7) is 6.71. The molecule has 1 nitrogen and oxygen atoms in total. The van der Waals surface area contributed by atoms with Gasteiger partial charge >= 0.3 is 0 Å². The van der Waals surface area contributed by atoms with E-state index in [0.29, 0.717) is 0 Å².